The van der Waals surface area contributed by atoms with Crippen LogP contribution in [0.25, 0.3) is 0 Å². The highest BCUT2D eigenvalue weighted by molar-refractivity contribution is 9.11. The highest BCUT2D eigenvalue weighted by atomic mass is 79.9. The molecule has 0 saturated heterocycles. The monoisotopic (exact) mass is 341 g/mol. The van der Waals surface area contributed by atoms with Gasteiger partial charge in [0, 0.05) is 10.9 Å². The van der Waals surface area contributed by atoms with E-state index < -0.39 is 0 Å². The van der Waals surface area contributed by atoms with Crippen molar-refractivity contribution in [1.29, 1.82) is 0 Å². The molecular formula is C16H24BrNS. The van der Waals surface area contributed by atoms with Crippen LogP contribution in [0.5, 0.6) is 0 Å². The summed E-state index contributed by atoms with van der Waals surface area (Å²) in [5.41, 5.74) is 0. The molecule has 3 heteroatoms. The largest absolute Gasteiger partial charge is 0.309 e. The molecule has 1 aromatic rings. The molecule has 1 heterocycles. The Balaban J connectivity index is 1.65. The van der Waals surface area contributed by atoms with Gasteiger partial charge in [0.2, 0.25) is 0 Å². The average molecular weight is 342 g/mol. The van der Waals surface area contributed by atoms with Gasteiger partial charge in [0.15, 0.2) is 0 Å². The Bertz CT molecular complexity index is 417. The average Bonchev–Trinajstić information content (AvgIpc) is 3.10. The van der Waals surface area contributed by atoms with Crippen LogP contribution in [0.4, 0.5) is 0 Å². The Labute approximate surface area is 129 Å². The molecule has 2 fully saturated rings. The first-order chi connectivity index (χ1) is 9.26. The van der Waals surface area contributed by atoms with E-state index in [1.807, 2.05) is 11.3 Å². The zero-order valence-corrected chi connectivity index (χ0v) is 14.1. The molecule has 4 unspecified atom stereocenters. The molecule has 1 aromatic heterocycles. The van der Waals surface area contributed by atoms with Gasteiger partial charge in [0.1, 0.15) is 0 Å². The third-order valence-corrected chi connectivity index (χ3v) is 6.74. The second-order valence-electron chi connectivity index (χ2n) is 6.32. The van der Waals surface area contributed by atoms with Gasteiger partial charge in [0.25, 0.3) is 0 Å². The van der Waals surface area contributed by atoms with Crippen LogP contribution in [0.1, 0.15) is 56.4 Å². The van der Waals surface area contributed by atoms with Gasteiger partial charge < -0.3 is 5.32 Å². The van der Waals surface area contributed by atoms with Crippen LogP contribution in [-0.4, -0.2) is 6.54 Å². The van der Waals surface area contributed by atoms with E-state index in [1.165, 1.54) is 47.2 Å². The van der Waals surface area contributed by atoms with Gasteiger partial charge in [-0.2, -0.15) is 0 Å². The normalized spacial score (nSPS) is 30.9. The van der Waals surface area contributed by atoms with E-state index in [4.69, 9.17) is 0 Å². The second kappa shape index (κ2) is 6.28. The third-order valence-electron chi connectivity index (χ3n) is 5.00. The Morgan fingerprint density at radius 2 is 2.26 bits per heavy atom. The van der Waals surface area contributed by atoms with Crippen molar-refractivity contribution in [3.8, 4) is 0 Å². The van der Waals surface area contributed by atoms with Gasteiger partial charge in [-0.25, -0.2) is 0 Å². The molecule has 4 atom stereocenters. The molecule has 2 bridgehead atoms. The molecule has 1 N–H and O–H groups in total. The van der Waals surface area contributed by atoms with Crippen molar-refractivity contribution < 1.29 is 0 Å². The predicted molar refractivity (Wildman–Crippen MR) is 86.6 cm³/mol. The van der Waals surface area contributed by atoms with Crippen LogP contribution in [-0.2, 0) is 0 Å². The quantitative estimate of drug-likeness (QED) is 0.732. The molecule has 0 amide bonds. The molecule has 2 saturated carbocycles. The minimum absolute atomic E-state index is 0.584. The lowest BCUT2D eigenvalue weighted by Gasteiger charge is -2.27. The molecule has 0 aromatic carbocycles. The summed E-state index contributed by atoms with van der Waals surface area (Å²) >= 11 is 5.51. The zero-order chi connectivity index (χ0) is 13.2. The van der Waals surface area contributed by atoms with Crippen molar-refractivity contribution in [3.63, 3.8) is 0 Å². The zero-order valence-electron chi connectivity index (χ0n) is 11.7. The van der Waals surface area contributed by atoms with Crippen LogP contribution >= 0.6 is 27.3 Å². The minimum Gasteiger partial charge on any atom is -0.309 e. The maximum absolute atomic E-state index is 3.77. The Morgan fingerprint density at radius 3 is 2.84 bits per heavy atom. The fourth-order valence-electron chi connectivity index (χ4n) is 4.10. The van der Waals surface area contributed by atoms with Gasteiger partial charge >= 0.3 is 0 Å². The standard InChI is InChI=1S/C16H24BrNS/c1-2-7-18-14(15-5-6-16(17)19-15)10-13-9-11-3-4-12(13)8-11/h5-6,11-14,18H,2-4,7-10H2,1H3. The molecule has 106 valence electrons. The second-order valence-corrected chi connectivity index (χ2v) is 8.81. The van der Waals surface area contributed by atoms with Crippen LogP contribution in [0.15, 0.2) is 15.9 Å². The number of halogens is 1. The summed E-state index contributed by atoms with van der Waals surface area (Å²) in [6, 6.07) is 5.08. The van der Waals surface area contributed by atoms with Crippen LogP contribution in [0.3, 0.4) is 0 Å². The van der Waals surface area contributed by atoms with E-state index in [2.05, 4.69) is 40.3 Å². The Kier molecular flexibility index (Phi) is 4.66. The van der Waals surface area contributed by atoms with Crippen molar-refractivity contribution >= 4 is 27.3 Å². The number of rotatable bonds is 6. The highest BCUT2D eigenvalue weighted by Gasteiger charge is 2.40. The van der Waals surface area contributed by atoms with E-state index in [0.717, 1.165) is 24.3 Å². The molecule has 19 heavy (non-hydrogen) atoms. The third kappa shape index (κ3) is 3.25. The summed E-state index contributed by atoms with van der Waals surface area (Å²) in [7, 11) is 0. The van der Waals surface area contributed by atoms with Gasteiger partial charge in [0.05, 0.1) is 3.79 Å². The first kappa shape index (κ1) is 14.1. The summed E-state index contributed by atoms with van der Waals surface area (Å²) in [4.78, 5) is 1.52. The highest BCUT2D eigenvalue weighted by Crippen LogP contribution is 2.51. The number of thiophene rings is 1. The van der Waals surface area contributed by atoms with Crippen molar-refractivity contribution in [1.82, 2.24) is 5.32 Å². The molecule has 0 spiro atoms. The van der Waals surface area contributed by atoms with Crippen molar-refractivity contribution in [2.24, 2.45) is 17.8 Å². The summed E-state index contributed by atoms with van der Waals surface area (Å²) in [5, 5.41) is 3.77. The maximum atomic E-state index is 3.77. The Morgan fingerprint density at radius 1 is 1.37 bits per heavy atom. The summed E-state index contributed by atoms with van der Waals surface area (Å²) in [6.07, 6.45) is 8.62. The smallest absolute Gasteiger partial charge is 0.0701 e. The predicted octanol–water partition coefficient (Wildman–Crippen LogP) is 5.38. The lowest BCUT2D eigenvalue weighted by Crippen LogP contribution is -2.25. The number of hydrogen-bond donors (Lipinski definition) is 1. The molecule has 2 aliphatic rings. The van der Waals surface area contributed by atoms with E-state index in [-0.39, 0.29) is 0 Å². The number of nitrogens with one attached hydrogen (secondary N) is 1. The van der Waals surface area contributed by atoms with Crippen LogP contribution < -0.4 is 5.32 Å². The number of hydrogen-bond acceptors (Lipinski definition) is 2. The molecule has 1 nitrogen and oxygen atoms in total. The fourth-order valence-corrected chi connectivity index (χ4v) is 5.61. The fraction of sp³-hybridized carbons (Fsp3) is 0.750. The van der Waals surface area contributed by atoms with Crippen molar-refractivity contribution in [2.45, 2.75) is 51.5 Å². The van der Waals surface area contributed by atoms with Gasteiger partial charge in [-0.15, -0.1) is 11.3 Å². The molecule has 0 radical (unpaired) electrons. The van der Waals surface area contributed by atoms with Crippen LogP contribution in [0.2, 0.25) is 0 Å². The van der Waals surface area contributed by atoms with Gasteiger partial charge in [-0.1, -0.05) is 13.3 Å². The number of fused-ring (bicyclic) bond motifs is 2. The first-order valence-electron chi connectivity index (χ1n) is 7.75. The lowest BCUT2D eigenvalue weighted by atomic mass is 9.84. The first-order valence-corrected chi connectivity index (χ1v) is 9.35. The summed E-state index contributed by atoms with van der Waals surface area (Å²) < 4.78 is 1.26. The van der Waals surface area contributed by atoms with Crippen molar-refractivity contribution in [3.05, 3.63) is 20.8 Å². The van der Waals surface area contributed by atoms with Crippen molar-refractivity contribution in [2.75, 3.05) is 6.54 Å². The van der Waals surface area contributed by atoms with Gasteiger partial charge in [-0.05, 0) is 84.5 Å². The molecule has 3 rings (SSSR count). The Hall–Kier alpha value is 0.140. The summed E-state index contributed by atoms with van der Waals surface area (Å²) in [6.45, 7) is 3.40. The SMILES string of the molecule is CCCNC(CC1CC2CCC1C2)c1ccc(Br)s1. The van der Waals surface area contributed by atoms with E-state index in [1.54, 1.807) is 0 Å². The maximum Gasteiger partial charge on any atom is 0.0701 e. The lowest BCUT2D eigenvalue weighted by molar-refractivity contribution is 0.280. The summed E-state index contributed by atoms with van der Waals surface area (Å²) in [5.74, 6) is 3.09. The van der Waals surface area contributed by atoms with E-state index in [9.17, 15) is 0 Å². The molecular weight excluding hydrogens is 318 g/mol. The molecule has 0 aliphatic heterocycles. The van der Waals surface area contributed by atoms with Crippen LogP contribution in [0, 0.1) is 17.8 Å². The topological polar surface area (TPSA) is 12.0 Å². The van der Waals surface area contributed by atoms with E-state index in [0.29, 0.717) is 6.04 Å². The molecule has 2 aliphatic carbocycles. The van der Waals surface area contributed by atoms with E-state index >= 15 is 0 Å². The van der Waals surface area contributed by atoms with Gasteiger partial charge in [-0.3, -0.25) is 0 Å². The minimum atomic E-state index is 0.584.